The molecule has 0 bridgehead atoms. The maximum atomic E-state index is 13.7. The van der Waals surface area contributed by atoms with Crippen LogP contribution in [0.15, 0.2) is 47.5 Å². The molecule has 0 aromatic heterocycles. The van der Waals surface area contributed by atoms with E-state index >= 15 is 0 Å². The van der Waals surface area contributed by atoms with Crippen molar-refractivity contribution in [1.29, 1.82) is 0 Å². The summed E-state index contributed by atoms with van der Waals surface area (Å²) in [6, 6.07) is 12.9. The fraction of sp³-hybridized carbons (Fsp3) is 0.391. The summed E-state index contributed by atoms with van der Waals surface area (Å²) >= 11 is 0. The number of benzene rings is 2. The van der Waals surface area contributed by atoms with Crippen molar-refractivity contribution < 1.29 is 9.18 Å². The van der Waals surface area contributed by atoms with Gasteiger partial charge in [-0.2, -0.15) is 0 Å². The number of carbonyl (C=O) groups is 1. The number of halogens is 2. The van der Waals surface area contributed by atoms with Gasteiger partial charge in [0.25, 0.3) is 0 Å². The van der Waals surface area contributed by atoms with Gasteiger partial charge in [0.2, 0.25) is 0 Å². The Hall–Kier alpha value is -2.36. The number of aryl methyl sites for hydroxylation is 1. The summed E-state index contributed by atoms with van der Waals surface area (Å²) in [5, 5.41) is 9.40. The number of amides is 2. The van der Waals surface area contributed by atoms with E-state index in [2.05, 4.69) is 20.9 Å². The molecule has 1 aliphatic heterocycles. The van der Waals surface area contributed by atoms with Gasteiger partial charge in [-0.05, 0) is 61.6 Å². The van der Waals surface area contributed by atoms with Gasteiger partial charge in [0.05, 0.1) is 6.54 Å². The number of hydrogen-bond acceptors (Lipinski definition) is 2. The third kappa shape index (κ3) is 7.68. The molecule has 1 fully saturated rings. The monoisotopic (exact) mass is 539 g/mol. The summed E-state index contributed by atoms with van der Waals surface area (Å²) in [7, 11) is 0. The van der Waals surface area contributed by atoms with Crippen LogP contribution >= 0.6 is 24.0 Å². The fourth-order valence-electron chi connectivity index (χ4n) is 3.31. The molecule has 0 saturated carbocycles. The van der Waals surface area contributed by atoms with Crippen LogP contribution in [0.2, 0.25) is 0 Å². The number of likely N-dealkylation sites (tertiary alicyclic amines) is 1. The Kier molecular flexibility index (Phi) is 10.0. The second kappa shape index (κ2) is 12.5. The highest BCUT2D eigenvalue weighted by atomic mass is 127. The molecule has 3 rings (SSSR count). The van der Waals surface area contributed by atoms with Gasteiger partial charge in [-0.15, -0.1) is 24.0 Å². The molecule has 6 nitrogen and oxygen atoms in total. The van der Waals surface area contributed by atoms with Crippen LogP contribution in [0.1, 0.15) is 36.5 Å². The van der Waals surface area contributed by atoms with Gasteiger partial charge in [-0.1, -0.05) is 24.3 Å². The number of nitrogens with one attached hydrogen (secondary N) is 3. The predicted molar refractivity (Wildman–Crippen MR) is 134 cm³/mol. The van der Waals surface area contributed by atoms with Crippen molar-refractivity contribution in [2.45, 2.75) is 39.8 Å². The zero-order valence-corrected chi connectivity index (χ0v) is 20.4. The molecular formula is C23H31FIN5O. The highest BCUT2D eigenvalue weighted by Gasteiger charge is 2.17. The molecular weight excluding hydrogens is 508 g/mol. The van der Waals surface area contributed by atoms with E-state index in [1.165, 1.54) is 0 Å². The fourth-order valence-corrected chi connectivity index (χ4v) is 3.31. The van der Waals surface area contributed by atoms with E-state index in [1.54, 1.807) is 19.1 Å². The van der Waals surface area contributed by atoms with Crippen LogP contribution in [0.3, 0.4) is 0 Å². The number of nitrogens with zero attached hydrogens (tertiary/aromatic N) is 2. The Bertz CT molecular complexity index is 899. The van der Waals surface area contributed by atoms with Crippen LogP contribution in [-0.4, -0.2) is 36.5 Å². The quantitative estimate of drug-likeness (QED) is 0.285. The maximum Gasteiger partial charge on any atom is 0.321 e. The summed E-state index contributed by atoms with van der Waals surface area (Å²) in [6.07, 6.45) is 2.13. The molecule has 0 radical (unpaired) electrons. The third-order valence-corrected chi connectivity index (χ3v) is 5.03. The van der Waals surface area contributed by atoms with E-state index in [0.29, 0.717) is 24.6 Å². The van der Waals surface area contributed by atoms with Crippen molar-refractivity contribution in [2.24, 2.45) is 4.99 Å². The number of rotatable bonds is 6. The first-order valence-corrected chi connectivity index (χ1v) is 10.5. The van der Waals surface area contributed by atoms with Gasteiger partial charge in [0.1, 0.15) is 5.82 Å². The van der Waals surface area contributed by atoms with Crippen molar-refractivity contribution >= 4 is 41.7 Å². The second-order valence-corrected chi connectivity index (χ2v) is 7.46. The number of anilines is 1. The molecule has 1 saturated heterocycles. The van der Waals surface area contributed by atoms with Crippen LogP contribution < -0.4 is 16.0 Å². The Labute approximate surface area is 200 Å². The lowest BCUT2D eigenvalue weighted by Gasteiger charge is -2.16. The first kappa shape index (κ1) is 24.9. The molecule has 3 N–H and O–H groups in total. The van der Waals surface area contributed by atoms with Gasteiger partial charge in [0.15, 0.2) is 5.96 Å². The van der Waals surface area contributed by atoms with Crippen LogP contribution in [0, 0.1) is 12.7 Å². The lowest BCUT2D eigenvalue weighted by molar-refractivity contribution is 0.222. The number of hydrogen-bond donors (Lipinski definition) is 3. The van der Waals surface area contributed by atoms with Crippen LogP contribution in [0.4, 0.5) is 14.9 Å². The lowest BCUT2D eigenvalue weighted by atomic mass is 10.1. The van der Waals surface area contributed by atoms with E-state index in [9.17, 15) is 9.18 Å². The SMILES string of the molecule is CCNC(=NCc1cccc(NC(=O)N2CCCC2)c1)NCc1ccc(C)c(F)c1.I. The molecule has 8 heteroatoms. The average molecular weight is 539 g/mol. The standard InChI is InChI=1S/C23H30FN5O.HI/c1-3-25-22(27-16-19-10-9-17(2)21(24)14-19)26-15-18-7-6-8-20(13-18)28-23(30)29-11-4-5-12-29;/h6-10,13-14H,3-5,11-12,15-16H2,1-2H3,(H,28,30)(H2,25,26,27);1H. The summed E-state index contributed by atoms with van der Waals surface area (Å²) < 4.78 is 13.7. The number of guanidine groups is 1. The van der Waals surface area contributed by atoms with Crippen LogP contribution in [0.25, 0.3) is 0 Å². The minimum absolute atomic E-state index is 0. The number of aliphatic imine (C=N–C) groups is 1. The summed E-state index contributed by atoms with van der Waals surface area (Å²) in [5.41, 5.74) is 3.26. The van der Waals surface area contributed by atoms with Crippen molar-refractivity contribution in [1.82, 2.24) is 15.5 Å². The Morgan fingerprint density at radius 1 is 1.10 bits per heavy atom. The second-order valence-electron chi connectivity index (χ2n) is 7.46. The number of carbonyl (C=O) groups excluding carboxylic acids is 1. The zero-order chi connectivity index (χ0) is 21.3. The van der Waals surface area contributed by atoms with E-state index in [1.807, 2.05) is 42.2 Å². The normalized spacial score (nSPS) is 13.5. The van der Waals surface area contributed by atoms with Crippen molar-refractivity contribution in [2.75, 3.05) is 25.0 Å². The molecule has 2 aromatic rings. The predicted octanol–water partition coefficient (Wildman–Crippen LogP) is 4.64. The molecule has 2 aromatic carbocycles. The van der Waals surface area contributed by atoms with E-state index in [4.69, 9.17) is 0 Å². The van der Waals surface area contributed by atoms with Gasteiger partial charge < -0.3 is 20.9 Å². The molecule has 0 unspecified atom stereocenters. The molecule has 168 valence electrons. The molecule has 0 aliphatic carbocycles. The summed E-state index contributed by atoms with van der Waals surface area (Å²) in [5.74, 6) is 0.453. The highest BCUT2D eigenvalue weighted by Crippen LogP contribution is 2.15. The van der Waals surface area contributed by atoms with Crippen molar-refractivity contribution in [3.8, 4) is 0 Å². The van der Waals surface area contributed by atoms with Gasteiger partial charge in [-0.3, -0.25) is 0 Å². The van der Waals surface area contributed by atoms with Crippen molar-refractivity contribution in [3.05, 3.63) is 65.0 Å². The van der Waals surface area contributed by atoms with Crippen LogP contribution in [-0.2, 0) is 13.1 Å². The van der Waals surface area contributed by atoms with Gasteiger partial charge in [0, 0.05) is 31.9 Å². The third-order valence-electron chi connectivity index (χ3n) is 5.03. The molecule has 1 heterocycles. The topological polar surface area (TPSA) is 68.8 Å². The Morgan fingerprint density at radius 3 is 2.58 bits per heavy atom. The molecule has 1 aliphatic rings. The molecule has 0 spiro atoms. The minimum Gasteiger partial charge on any atom is -0.357 e. The largest absolute Gasteiger partial charge is 0.357 e. The minimum atomic E-state index is -0.205. The van der Waals surface area contributed by atoms with Gasteiger partial charge >= 0.3 is 6.03 Å². The lowest BCUT2D eigenvalue weighted by Crippen LogP contribution is -2.36. The van der Waals surface area contributed by atoms with Gasteiger partial charge in [-0.25, -0.2) is 14.2 Å². The first-order valence-electron chi connectivity index (χ1n) is 10.5. The Balaban J connectivity index is 0.00000341. The maximum absolute atomic E-state index is 13.7. The van der Waals surface area contributed by atoms with Crippen LogP contribution in [0.5, 0.6) is 0 Å². The smallest absolute Gasteiger partial charge is 0.321 e. The van der Waals surface area contributed by atoms with E-state index < -0.39 is 0 Å². The van der Waals surface area contributed by atoms with E-state index in [-0.39, 0.29) is 35.8 Å². The van der Waals surface area contributed by atoms with Crippen molar-refractivity contribution in [3.63, 3.8) is 0 Å². The first-order chi connectivity index (χ1) is 14.5. The molecule has 2 amide bonds. The Morgan fingerprint density at radius 2 is 1.87 bits per heavy atom. The summed E-state index contributed by atoms with van der Waals surface area (Å²) in [6.45, 7) is 7.05. The highest BCUT2D eigenvalue weighted by molar-refractivity contribution is 14.0. The zero-order valence-electron chi connectivity index (χ0n) is 18.1. The molecule has 0 atom stereocenters. The molecule has 31 heavy (non-hydrogen) atoms. The number of urea groups is 1. The van der Waals surface area contributed by atoms with E-state index in [0.717, 1.165) is 49.3 Å². The average Bonchev–Trinajstić information content (AvgIpc) is 3.28. The summed E-state index contributed by atoms with van der Waals surface area (Å²) in [4.78, 5) is 18.7.